The summed E-state index contributed by atoms with van der Waals surface area (Å²) in [6, 6.07) is 3.40. The molecular formula is C15H21N3O5S2. The second kappa shape index (κ2) is 8.37. The highest BCUT2D eigenvalue weighted by Crippen LogP contribution is 2.25. The van der Waals surface area contributed by atoms with Crippen LogP contribution in [0.2, 0.25) is 0 Å². The monoisotopic (exact) mass is 387 g/mol. The van der Waals surface area contributed by atoms with Crippen molar-refractivity contribution < 1.29 is 22.4 Å². The van der Waals surface area contributed by atoms with Crippen molar-refractivity contribution in [2.24, 2.45) is 0 Å². The Kier molecular flexibility index (Phi) is 6.18. The number of sulfonamides is 1. The van der Waals surface area contributed by atoms with E-state index in [2.05, 4.69) is 10.1 Å². The summed E-state index contributed by atoms with van der Waals surface area (Å²) in [7, 11) is -1.79. The SMILES string of the molecule is COCc1nc(CCOC2CCN(S(=O)(=O)c3cccs3)CC2)no1. The number of hydrogen-bond acceptors (Lipinski definition) is 8. The first-order valence-corrected chi connectivity index (χ1v) is 10.4. The molecule has 25 heavy (non-hydrogen) atoms. The van der Waals surface area contributed by atoms with Gasteiger partial charge in [-0.2, -0.15) is 9.29 Å². The molecule has 3 heterocycles. The molecule has 3 rings (SSSR count). The van der Waals surface area contributed by atoms with Crippen LogP contribution in [0.15, 0.2) is 26.2 Å². The summed E-state index contributed by atoms with van der Waals surface area (Å²) in [6.07, 6.45) is 1.98. The minimum absolute atomic E-state index is 0.0557. The summed E-state index contributed by atoms with van der Waals surface area (Å²) >= 11 is 1.25. The van der Waals surface area contributed by atoms with E-state index in [4.69, 9.17) is 14.0 Å². The van der Waals surface area contributed by atoms with Crippen molar-refractivity contribution in [3.8, 4) is 0 Å². The van der Waals surface area contributed by atoms with E-state index in [1.165, 1.54) is 15.6 Å². The van der Waals surface area contributed by atoms with Crippen molar-refractivity contribution in [2.75, 3.05) is 26.8 Å². The Morgan fingerprint density at radius 1 is 1.40 bits per heavy atom. The highest BCUT2D eigenvalue weighted by molar-refractivity contribution is 7.91. The van der Waals surface area contributed by atoms with E-state index in [0.29, 0.717) is 61.5 Å². The first kappa shape index (κ1) is 18.5. The van der Waals surface area contributed by atoms with Gasteiger partial charge in [0.05, 0.1) is 12.7 Å². The number of piperidine rings is 1. The van der Waals surface area contributed by atoms with Crippen molar-refractivity contribution in [3.63, 3.8) is 0 Å². The van der Waals surface area contributed by atoms with Crippen LogP contribution >= 0.6 is 11.3 Å². The summed E-state index contributed by atoms with van der Waals surface area (Å²) in [5.41, 5.74) is 0. The Morgan fingerprint density at radius 3 is 2.88 bits per heavy atom. The van der Waals surface area contributed by atoms with Crippen molar-refractivity contribution in [1.82, 2.24) is 14.4 Å². The van der Waals surface area contributed by atoms with E-state index in [0.717, 1.165) is 0 Å². The van der Waals surface area contributed by atoms with Gasteiger partial charge >= 0.3 is 0 Å². The number of hydrogen-bond donors (Lipinski definition) is 0. The first-order valence-electron chi connectivity index (χ1n) is 8.05. The molecule has 0 spiro atoms. The number of rotatable bonds is 8. The second-order valence-electron chi connectivity index (χ2n) is 5.69. The maximum atomic E-state index is 12.5. The lowest BCUT2D eigenvalue weighted by molar-refractivity contribution is 0.0222. The molecular weight excluding hydrogens is 366 g/mol. The lowest BCUT2D eigenvalue weighted by Gasteiger charge is -2.30. The van der Waals surface area contributed by atoms with Crippen molar-refractivity contribution in [2.45, 2.75) is 36.2 Å². The number of methoxy groups -OCH3 is 1. The molecule has 8 nitrogen and oxygen atoms in total. The highest BCUT2D eigenvalue weighted by atomic mass is 32.2. The van der Waals surface area contributed by atoms with Crippen molar-refractivity contribution in [1.29, 1.82) is 0 Å². The largest absolute Gasteiger partial charge is 0.378 e. The molecule has 0 radical (unpaired) electrons. The molecule has 0 aromatic carbocycles. The van der Waals surface area contributed by atoms with Gasteiger partial charge in [0.25, 0.3) is 15.9 Å². The van der Waals surface area contributed by atoms with Crippen LogP contribution in [-0.4, -0.2) is 55.8 Å². The summed E-state index contributed by atoms with van der Waals surface area (Å²) in [5.74, 6) is 1.04. The molecule has 1 aliphatic rings. The maximum absolute atomic E-state index is 12.5. The Morgan fingerprint density at radius 2 is 2.20 bits per heavy atom. The molecule has 0 atom stereocenters. The zero-order chi connectivity index (χ0) is 17.7. The van der Waals surface area contributed by atoms with Crippen LogP contribution < -0.4 is 0 Å². The minimum atomic E-state index is -3.36. The molecule has 0 saturated carbocycles. The zero-order valence-electron chi connectivity index (χ0n) is 14.0. The van der Waals surface area contributed by atoms with Crippen LogP contribution in [0.5, 0.6) is 0 Å². The third kappa shape index (κ3) is 4.64. The third-order valence-corrected chi connectivity index (χ3v) is 7.22. The van der Waals surface area contributed by atoms with Crippen LogP contribution in [0.25, 0.3) is 0 Å². The first-order chi connectivity index (χ1) is 12.1. The number of thiophene rings is 1. The smallest absolute Gasteiger partial charge is 0.252 e. The van der Waals surface area contributed by atoms with Crippen LogP contribution in [0, 0.1) is 0 Å². The average molecular weight is 387 g/mol. The fourth-order valence-corrected chi connectivity index (χ4v) is 5.28. The Balaban J connectivity index is 1.42. The van der Waals surface area contributed by atoms with Gasteiger partial charge in [0.15, 0.2) is 5.82 Å². The van der Waals surface area contributed by atoms with Crippen LogP contribution in [0.4, 0.5) is 0 Å². The van der Waals surface area contributed by atoms with E-state index in [1.54, 1.807) is 24.6 Å². The summed E-state index contributed by atoms with van der Waals surface area (Å²) < 4.78 is 42.7. The van der Waals surface area contributed by atoms with Gasteiger partial charge in [0, 0.05) is 26.6 Å². The van der Waals surface area contributed by atoms with Gasteiger partial charge in [-0.1, -0.05) is 11.2 Å². The van der Waals surface area contributed by atoms with Gasteiger partial charge < -0.3 is 14.0 Å². The predicted octanol–water partition coefficient (Wildman–Crippen LogP) is 1.69. The van der Waals surface area contributed by atoms with Gasteiger partial charge in [-0.3, -0.25) is 0 Å². The minimum Gasteiger partial charge on any atom is -0.378 e. The Hall–Kier alpha value is -1.33. The third-order valence-electron chi connectivity index (χ3n) is 3.95. The number of ether oxygens (including phenoxy) is 2. The van der Waals surface area contributed by atoms with E-state index in [-0.39, 0.29) is 6.10 Å². The number of aromatic nitrogens is 2. The molecule has 1 fully saturated rings. The van der Waals surface area contributed by atoms with Gasteiger partial charge in [0.1, 0.15) is 10.8 Å². The molecule has 0 amide bonds. The normalized spacial score (nSPS) is 17.2. The molecule has 0 unspecified atom stereocenters. The molecule has 0 N–H and O–H groups in total. The van der Waals surface area contributed by atoms with Crippen LogP contribution in [0.1, 0.15) is 24.6 Å². The standard InChI is InChI=1S/C15H21N3O5S2/c1-21-11-14-16-13(17-23-14)6-9-22-12-4-7-18(8-5-12)25(19,20)15-3-2-10-24-15/h2-3,10,12H,4-9,11H2,1H3. The van der Waals surface area contributed by atoms with Gasteiger partial charge in [-0.15, -0.1) is 11.3 Å². The van der Waals surface area contributed by atoms with Crippen LogP contribution in [0.3, 0.4) is 0 Å². The van der Waals surface area contributed by atoms with Gasteiger partial charge in [-0.25, -0.2) is 8.42 Å². The molecule has 0 bridgehead atoms. The molecule has 1 aliphatic heterocycles. The maximum Gasteiger partial charge on any atom is 0.252 e. The second-order valence-corrected chi connectivity index (χ2v) is 8.81. The Labute approximate surface area is 150 Å². The summed E-state index contributed by atoms with van der Waals surface area (Å²) in [4.78, 5) is 4.19. The lowest BCUT2D eigenvalue weighted by atomic mass is 10.1. The quantitative estimate of drug-likeness (QED) is 0.680. The van der Waals surface area contributed by atoms with Crippen molar-refractivity contribution in [3.05, 3.63) is 29.2 Å². The molecule has 138 valence electrons. The summed E-state index contributed by atoms with van der Waals surface area (Å²) in [6.45, 7) is 1.73. The lowest BCUT2D eigenvalue weighted by Crippen LogP contribution is -2.40. The molecule has 10 heteroatoms. The van der Waals surface area contributed by atoms with Gasteiger partial charge in [-0.05, 0) is 24.3 Å². The fraction of sp³-hybridized carbons (Fsp3) is 0.600. The zero-order valence-corrected chi connectivity index (χ0v) is 15.6. The molecule has 2 aromatic rings. The van der Waals surface area contributed by atoms with E-state index in [1.807, 2.05) is 0 Å². The van der Waals surface area contributed by atoms with E-state index < -0.39 is 10.0 Å². The number of nitrogens with zero attached hydrogens (tertiary/aromatic N) is 3. The van der Waals surface area contributed by atoms with Gasteiger partial charge in [0.2, 0.25) is 0 Å². The molecule has 0 aliphatic carbocycles. The van der Waals surface area contributed by atoms with E-state index >= 15 is 0 Å². The Bertz CT molecular complexity index is 752. The van der Waals surface area contributed by atoms with Crippen molar-refractivity contribution >= 4 is 21.4 Å². The highest BCUT2D eigenvalue weighted by Gasteiger charge is 2.30. The van der Waals surface area contributed by atoms with Crippen LogP contribution in [-0.2, 0) is 32.5 Å². The predicted molar refractivity (Wildman–Crippen MR) is 90.8 cm³/mol. The fourth-order valence-electron chi connectivity index (χ4n) is 2.67. The molecule has 2 aromatic heterocycles. The topological polar surface area (TPSA) is 94.8 Å². The summed E-state index contributed by atoms with van der Waals surface area (Å²) in [5, 5.41) is 5.63. The average Bonchev–Trinajstić information content (AvgIpc) is 3.28. The molecule has 1 saturated heterocycles. The van der Waals surface area contributed by atoms with E-state index in [9.17, 15) is 8.42 Å².